The lowest BCUT2D eigenvalue weighted by atomic mass is 10.1. The summed E-state index contributed by atoms with van der Waals surface area (Å²) in [5.74, 6) is -5.36. The number of carbonyl (C=O) groups is 8. The van der Waals surface area contributed by atoms with Crippen molar-refractivity contribution in [2.75, 3.05) is 92.5 Å². The monoisotopic (exact) mass is 1800 g/mol. The summed E-state index contributed by atoms with van der Waals surface area (Å²) in [5, 5.41) is 234. The first-order valence-electron chi connectivity index (χ1n) is 43.9. The van der Waals surface area contributed by atoms with E-state index in [2.05, 4.69) is 55.4 Å². The molecule has 0 bridgehead atoms. The zero-order valence-corrected chi connectivity index (χ0v) is 76.1. The lowest BCUT2D eigenvalue weighted by Gasteiger charge is -1.96. The molecule has 0 aliphatic rings. The molecule has 0 heterocycles. The Kier molecular flexibility index (Phi) is 183. The molecule has 0 amide bonds. The molecular weight excluding hydrogens is 1610 g/mol. The Morgan fingerprint density at radius 2 is 0.205 bits per heavy atom. The highest BCUT2D eigenvalue weighted by molar-refractivity contribution is 5.68. The summed E-state index contributed by atoms with van der Waals surface area (Å²) in [6.07, 6.45) is 40.4. The molecule has 0 aliphatic carbocycles. The van der Waals surface area contributed by atoms with Gasteiger partial charge >= 0.3 is 47.8 Å². The predicted molar refractivity (Wildman–Crippen MR) is 469 cm³/mol. The fraction of sp³-hybridized carbons (Fsp3) is 0.906. The SMILES string of the molecule is CCCCCCCC(=O)O.CCCCCCCC(=O)O.CCCCCCCC(=O)O.CCCCCCCC(=O)O.CCCCCCCC(=O)O.CCCCCCCC(=O)O.CCCCCCCC(=O)O.CCCCCCCC(=O)O.OCC(O)CO.OCC(O)CO.OCC(O)CO.OCC(O)CO.OCC(O)CO.OCC(O)CO.OCC(O)CO. The van der Waals surface area contributed by atoms with E-state index >= 15 is 0 Å². The molecule has 29 N–H and O–H groups in total. The quantitative estimate of drug-likeness (QED) is 0.0258. The van der Waals surface area contributed by atoms with Gasteiger partial charge in [-0.1, -0.05) is 261 Å². The molecule has 37 heteroatoms. The summed E-state index contributed by atoms with van der Waals surface area (Å²) in [4.78, 5) is 80.3. The van der Waals surface area contributed by atoms with Crippen LogP contribution in [0.15, 0.2) is 0 Å². The Bertz CT molecular complexity index is 1500. The summed E-state index contributed by atoms with van der Waals surface area (Å²) in [6.45, 7) is 12.1. The van der Waals surface area contributed by atoms with E-state index in [0.29, 0.717) is 51.4 Å². The summed E-state index contributed by atoms with van der Waals surface area (Å²) < 4.78 is 0. The molecule has 0 rings (SSSR count). The van der Waals surface area contributed by atoms with Gasteiger partial charge in [-0.15, -0.1) is 0 Å². The molecule has 0 saturated carbocycles. The zero-order valence-electron chi connectivity index (χ0n) is 76.1. The van der Waals surface area contributed by atoms with Crippen molar-refractivity contribution in [2.45, 2.75) is 406 Å². The van der Waals surface area contributed by atoms with E-state index in [9.17, 15) is 38.4 Å². The van der Waals surface area contributed by atoms with Gasteiger partial charge in [0, 0.05) is 51.4 Å². The van der Waals surface area contributed by atoms with Crippen LogP contribution >= 0.6 is 0 Å². The second-order valence-corrected chi connectivity index (χ2v) is 27.6. The number of hydrogen-bond donors (Lipinski definition) is 29. The number of unbranched alkanes of at least 4 members (excludes halogenated alkanes) is 32. The van der Waals surface area contributed by atoms with Crippen LogP contribution in [0.4, 0.5) is 0 Å². The maximum atomic E-state index is 10.0. The van der Waals surface area contributed by atoms with Crippen molar-refractivity contribution < 1.29 is 186 Å². The van der Waals surface area contributed by atoms with Crippen molar-refractivity contribution >= 4 is 47.8 Å². The minimum absolute atomic E-state index is 0.337. The molecule has 0 spiro atoms. The Morgan fingerprint density at radius 3 is 0.246 bits per heavy atom. The van der Waals surface area contributed by atoms with Crippen molar-refractivity contribution in [2.24, 2.45) is 0 Å². The first kappa shape index (κ1) is 151. The van der Waals surface area contributed by atoms with Crippen LogP contribution in [-0.4, -0.2) is 331 Å². The topological polar surface area (TPSA) is 723 Å². The number of aliphatic hydroxyl groups excluding tert-OH is 21. The minimum Gasteiger partial charge on any atom is -0.481 e. The van der Waals surface area contributed by atoms with Crippen LogP contribution in [0.3, 0.4) is 0 Å². The van der Waals surface area contributed by atoms with Gasteiger partial charge in [0.05, 0.1) is 92.5 Å². The highest BCUT2D eigenvalue weighted by Crippen LogP contribution is 2.10. The van der Waals surface area contributed by atoms with Crippen LogP contribution in [0.1, 0.15) is 364 Å². The van der Waals surface area contributed by atoms with Gasteiger partial charge in [0.25, 0.3) is 0 Å². The Hall–Kier alpha value is -5.08. The second kappa shape index (κ2) is 147. The zero-order chi connectivity index (χ0) is 97.5. The molecule has 0 aromatic heterocycles. The third kappa shape index (κ3) is 239. The van der Waals surface area contributed by atoms with Crippen molar-refractivity contribution in [1.82, 2.24) is 0 Å². The summed E-state index contributed by atoms with van der Waals surface area (Å²) in [5.41, 5.74) is 0. The maximum Gasteiger partial charge on any atom is 0.303 e. The van der Waals surface area contributed by atoms with E-state index in [0.717, 1.165) is 103 Å². The molecule has 0 aliphatic heterocycles. The van der Waals surface area contributed by atoms with Crippen LogP contribution in [0.5, 0.6) is 0 Å². The van der Waals surface area contributed by atoms with Crippen molar-refractivity contribution in [3.63, 3.8) is 0 Å². The number of aliphatic carboxylic acids is 8. The lowest BCUT2D eigenvalue weighted by molar-refractivity contribution is -0.138. The van der Waals surface area contributed by atoms with Crippen LogP contribution < -0.4 is 0 Å². The van der Waals surface area contributed by atoms with Gasteiger partial charge in [0.15, 0.2) is 0 Å². The second-order valence-electron chi connectivity index (χ2n) is 27.6. The summed E-state index contributed by atoms with van der Waals surface area (Å²) in [6, 6.07) is 0. The molecule has 122 heavy (non-hydrogen) atoms. The van der Waals surface area contributed by atoms with Crippen molar-refractivity contribution in [3.8, 4) is 0 Å². The van der Waals surface area contributed by atoms with Crippen LogP contribution in [-0.2, 0) is 38.4 Å². The van der Waals surface area contributed by atoms with Crippen LogP contribution in [0.25, 0.3) is 0 Å². The third-order valence-electron chi connectivity index (χ3n) is 14.9. The number of hydrogen-bond acceptors (Lipinski definition) is 29. The van der Waals surface area contributed by atoms with E-state index in [1.54, 1.807) is 0 Å². The van der Waals surface area contributed by atoms with Crippen molar-refractivity contribution in [1.29, 1.82) is 0 Å². The van der Waals surface area contributed by atoms with E-state index in [1.165, 1.54) is 154 Å². The molecule has 0 aromatic carbocycles. The molecule has 746 valence electrons. The van der Waals surface area contributed by atoms with E-state index < -0.39 is 90.5 Å². The van der Waals surface area contributed by atoms with Gasteiger partial charge in [-0.3, -0.25) is 38.4 Å². The van der Waals surface area contributed by atoms with Gasteiger partial charge in [0.2, 0.25) is 0 Å². The van der Waals surface area contributed by atoms with Crippen LogP contribution in [0.2, 0.25) is 0 Å². The number of carboxylic acids is 8. The van der Waals surface area contributed by atoms with Gasteiger partial charge in [-0.25, -0.2) is 0 Å². The van der Waals surface area contributed by atoms with E-state index in [4.69, 9.17) is 148 Å². The average Bonchev–Trinajstić information content (AvgIpc) is 1.24. The molecule has 0 aromatic rings. The van der Waals surface area contributed by atoms with Gasteiger partial charge in [0.1, 0.15) is 42.7 Å². The molecule has 37 nitrogen and oxygen atoms in total. The molecule has 0 unspecified atom stereocenters. The van der Waals surface area contributed by atoms with E-state index in [1.807, 2.05) is 0 Å². The minimum atomic E-state index is -0.954. The fourth-order valence-corrected chi connectivity index (χ4v) is 7.44. The smallest absolute Gasteiger partial charge is 0.303 e. The van der Waals surface area contributed by atoms with E-state index in [-0.39, 0.29) is 92.5 Å². The number of aliphatic hydroxyl groups is 21. The largest absolute Gasteiger partial charge is 0.481 e. The molecule has 0 fully saturated rings. The van der Waals surface area contributed by atoms with Crippen LogP contribution in [0, 0.1) is 0 Å². The highest BCUT2D eigenvalue weighted by Gasteiger charge is 2.03. The van der Waals surface area contributed by atoms with Crippen molar-refractivity contribution in [3.05, 3.63) is 0 Å². The molecule has 0 saturated heterocycles. The number of rotatable bonds is 62. The van der Waals surface area contributed by atoms with Gasteiger partial charge in [-0.05, 0) is 51.4 Å². The Balaban J connectivity index is -0.0000000777. The maximum absolute atomic E-state index is 10.0. The Labute approximate surface area is 730 Å². The number of carboxylic acid groups (broad SMARTS) is 8. The highest BCUT2D eigenvalue weighted by atomic mass is 16.4. The normalized spacial score (nSPS) is 9.80. The molecular formula is C85H184O37. The molecule has 0 atom stereocenters. The average molecular weight is 1800 g/mol. The summed E-state index contributed by atoms with van der Waals surface area (Å²) >= 11 is 0. The fourth-order valence-electron chi connectivity index (χ4n) is 7.44. The first-order chi connectivity index (χ1) is 57.8. The van der Waals surface area contributed by atoms with Gasteiger partial charge in [-0.2, -0.15) is 0 Å². The van der Waals surface area contributed by atoms with Gasteiger partial charge < -0.3 is 148 Å². The standard InChI is InChI=1S/8C8H16O2.7C3H8O3/c8*1-2-3-4-5-6-7-8(9)10;7*4-1-3(6)2-5/h8*2-7H2,1H3,(H,9,10);7*3-6H,1-2H2. The molecule has 0 radical (unpaired) electrons. The first-order valence-corrected chi connectivity index (χ1v) is 43.9. The Morgan fingerprint density at radius 1 is 0.139 bits per heavy atom. The lowest BCUT2D eigenvalue weighted by Crippen LogP contribution is -2.15. The third-order valence-corrected chi connectivity index (χ3v) is 14.9. The summed E-state index contributed by atoms with van der Waals surface area (Å²) in [7, 11) is 0. The predicted octanol–water partition coefficient (Wildman–Crippen LogP) is 7.78.